The molecule has 0 saturated heterocycles. The van der Waals surface area contributed by atoms with Gasteiger partial charge >= 0.3 is 0 Å². The summed E-state index contributed by atoms with van der Waals surface area (Å²) in [5, 5.41) is 9.40. The minimum absolute atomic E-state index is 0.324. The SMILES string of the molecule is Oc1ccc(Cc2cccc3c2Cc2ccccc2-3)cc1. The average Bonchev–Trinajstić information content (AvgIpc) is 2.89. The van der Waals surface area contributed by atoms with Crippen molar-refractivity contribution in [3.05, 3.63) is 89.0 Å². The van der Waals surface area contributed by atoms with Crippen LogP contribution in [0.25, 0.3) is 11.1 Å². The third-order valence-corrected chi connectivity index (χ3v) is 4.28. The van der Waals surface area contributed by atoms with Gasteiger partial charge in [0.15, 0.2) is 0 Å². The number of fused-ring (bicyclic) bond motifs is 3. The summed E-state index contributed by atoms with van der Waals surface area (Å²) < 4.78 is 0. The molecular weight excluding hydrogens is 256 g/mol. The van der Waals surface area contributed by atoms with E-state index in [9.17, 15) is 5.11 Å². The number of rotatable bonds is 2. The van der Waals surface area contributed by atoms with Crippen LogP contribution in [0, 0.1) is 0 Å². The molecule has 21 heavy (non-hydrogen) atoms. The van der Waals surface area contributed by atoms with Gasteiger partial charge in [-0.3, -0.25) is 0 Å². The number of hydrogen-bond donors (Lipinski definition) is 1. The van der Waals surface area contributed by atoms with Gasteiger partial charge in [-0.15, -0.1) is 0 Å². The van der Waals surface area contributed by atoms with E-state index in [-0.39, 0.29) is 0 Å². The van der Waals surface area contributed by atoms with Gasteiger partial charge in [0, 0.05) is 0 Å². The predicted octanol–water partition coefficient (Wildman–Crippen LogP) is 4.55. The van der Waals surface area contributed by atoms with E-state index in [1.165, 1.54) is 33.4 Å². The molecule has 1 aliphatic carbocycles. The molecule has 1 aliphatic rings. The van der Waals surface area contributed by atoms with Crippen molar-refractivity contribution in [1.29, 1.82) is 0 Å². The van der Waals surface area contributed by atoms with Gasteiger partial charge in [-0.25, -0.2) is 0 Å². The van der Waals surface area contributed by atoms with E-state index < -0.39 is 0 Å². The fraction of sp³-hybridized carbons (Fsp3) is 0.100. The topological polar surface area (TPSA) is 20.2 Å². The smallest absolute Gasteiger partial charge is 0.115 e. The quantitative estimate of drug-likeness (QED) is 0.567. The Morgan fingerprint density at radius 1 is 0.762 bits per heavy atom. The lowest BCUT2D eigenvalue weighted by Gasteiger charge is -2.09. The van der Waals surface area contributed by atoms with Crippen LogP contribution in [0.2, 0.25) is 0 Å². The maximum Gasteiger partial charge on any atom is 0.115 e. The summed E-state index contributed by atoms with van der Waals surface area (Å²) in [7, 11) is 0. The molecule has 0 heterocycles. The average molecular weight is 272 g/mol. The van der Waals surface area contributed by atoms with Gasteiger partial charge in [0.1, 0.15) is 5.75 Å². The van der Waals surface area contributed by atoms with Gasteiger partial charge in [-0.2, -0.15) is 0 Å². The molecule has 0 fully saturated rings. The maximum atomic E-state index is 9.40. The van der Waals surface area contributed by atoms with Crippen molar-refractivity contribution in [2.75, 3.05) is 0 Å². The van der Waals surface area contributed by atoms with Gasteiger partial charge in [0.25, 0.3) is 0 Å². The fourth-order valence-electron chi connectivity index (χ4n) is 3.22. The summed E-state index contributed by atoms with van der Waals surface area (Å²) in [6.45, 7) is 0. The van der Waals surface area contributed by atoms with Crippen LogP contribution in [0.1, 0.15) is 22.3 Å². The van der Waals surface area contributed by atoms with Crippen molar-refractivity contribution >= 4 is 0 Å². The monoisotopic (exact) mass is 272 g/mol. The largest absolute Gasteiger partial charge is 0.508 e. The molecule has 0 radical (unpaired) electrons. The first-order valence-corrected chi connectivity index (χ1v) is 7.28. The van der Waals surface area contributed by atoms with Crippen molar-refractivity contribution in [3.63, 3.8) is 0 Å². The van der Waals surface area contributed by atoms with E-state index in [4.69, 9.17) is 0 Å². The third kappa shape index (κ3) is 2.11. The van der Waals surface area contributed by atoms with E-state index in [0.717, 1.165) is 12.8 Å². The standard InChI is InChI=1S/C20H16O/c21-17-10-8-14(9-11-17)12-15-5-3-7-19-18-6-2-1-4-16(18)13-20(15)19/h1-11,21H,12-13H2. The molecule has 0 atom stereocenters. The van der Waals surface area contributed by atoms with Gasteiger partial charge < -0.3 is 5.11 Å². The molecule has 102 valence electrons. The molecule has 3 aromatic rings. The summed E-state index contributed by atoms with van der Waals surface area (Å²) in [5.74, 6) is 0.324. The summed E-state index contributed by atoms with van der Waals surface area (Å²) in [4.78, 5) is 0. The van der Waals surface area contributed by atoms with Crippen LogP contribution in [0.4, 0.5) is 0 Å². The lowest BCUT2D eigenvalue weighted by Crippen LogP contribution is -1.94. The molecule has 0 saturated carbocycles. The Hall–Kier alpha value is -2.54. The highest BCUT2D eigenvalue weighted by Gasteiger charge is 2.20. The summed E-state index contributed by atoms with van der Waals surface area (Å²) in [5.41, 5.74) is 8.24. The van der Waals surface area contributed by atoms with E-state index in [1.54, 1.807) is 12.1 Å². The minimum Gasteiger partial charge on any atom is -0.508 e. The number of benzene rings is 3. The second-order valence-corrected chi connectivity index (χ2v) is 5.62. The van der Waals surface area contributed by atoms with Crippen LogP contribution in [0.5, 0.6) is 5.75 Å². The van der Waals surface area contributed by atoms with Crippen LogP contribution in [-0.2, 0) is 12.8 Å². The van der Waals surface area contributed by atoms with Crippen molar-refractivity contribution in [1.82, 2.24) is 0 Å². The molecule has 1 heteroatoms. The van der Waals surface area contributed by atoms with Gasteiger partial charge in [-0.05, 0) is 58.4 Å². The molecule has 0 bridgehead atoms. The second kappa shape index (κ2) is 4.78. The van der Waals surface area contributed by atoms with Crippen molar-refractivity contribution in [2.45, 2.75) is 12.8 Å². The number of phenols is 1. The molecule has 0 amide bonds. The molecule has 0 spiro atoms. The zero-order chi connectivity index (χ0) is 14.2. The highest BCUT2D eigenvalue weighted by Crippen LogP contribution is 2.38. The van der Waals surface area contributed by atoms with E-state index in [0.29, 0.717) is 5.75 Å². The lowest BCUT2D eigenvalue weighted by atomic mass is 9.96. The summed E-state index contributed by atoms with van der Waals surface area (Å²) in [6, 6.07) is 22.8. The summed E-state index contributed by atoms with van der Waals surface area (Å²) in [6.07, 6.45) is 1.94. The Morgan fingerprint density at radius 2 is 1.52 bits per heavy atom. The molecular formula is C20H16O. The number of hydrogen-bond acceptors (Lipinski definition) is 1. The van der Waals surface area contributed by atoms with E-state index >= 15 is 0 Å². The Labute approximate surface area is 124 Å². The molecule has 3 aromatic carbocycles. The highest BCUT2D eigenvalue weighted by atomic mass is 16.3. The normalized spacial score (nSPS) is 12.0. The van der Waals surface area contributed by atoms with Crippen molar-refractivity contribution in [3.8, 4) is 16.9 Å². The van der Waals surface area contributed by atoms with Gasteiger partial charge in [0.05, 0.1) is 0 Å². The molecule has 1 N–H and O–H groups in total. The van der Waals surface area contributed by atoms with Crippen molar-refractivity contribution < 1.29 is 5.11 Å². The molecule has 1 nitrogen and oxygen atoms in total. The molecule has 0 aromatic heterocycles. The van der Waals surface area contributed by atoms with Crippen LogP contribution in [-0.4, -0.2) is 5.11 Å². The Bertz CT molecular complexity index is 800. The number of phenolic OH excluding ortho intramolecular Hbond substituents is 1. The lowest BCUT2D eigenvalue weighted by molar-refractivity contribution is 0.475. The van der Waals surface area contributed by atoms with E-state index in [2.05, 4.69) is 42.5 Å². The first kappa shape index (κ1) is 12.2. The molecule has 4 rings (SSSR count). The zero-order valence-corrected chi connectivity index (χ0v) is 11.7. The maximum absolute atomic E-state index is 9.40. The van der Waals surface area contributed by atoms with Crippen LogP contribution < -0.4 is 0 Å². The molecule has 0 aliphatic heterocycles. The van der Waals surface area contributed by atoms with Crippen LogP contribution in [0.3, 0.4) is 0 Å². The Morgan fingerprint density at radius 3 is 2.38 bits per heavy atom. The van der Waals surface area contributed by atoms with Gasteiger partial charge in [-0.1, -0.05) is 54.6 Å². The third-order valence-electron chi connectivity index (χ3n) is 4.28. The first-order valence-electron chi connectivity index (χ1n) is 7.28. The fourth-order valence-corrected chi connectivity index (χ4v) is 3.22. The zero-order valence-electron chi connectivity index (χ0n) is 11.7. The minimum atomic E-state index is 0.324. The second-order valence-electron chi connectivity index (χ2n) is 5.62. The van der Waals surface area contributed by atoms with E-state index in [1.807, 2.05) is 12.1 Å². The highest BCUT2D eigenvalue weighted by molar-refractivity contribution is 5.78. The van der Waals surface area contributed by atoms with Crippen LogP contribution >= 0.6 is 0 Å². The predicted molar refractivity (Wildman–Crippen MR) is 85.6 cm³/mol. The molecule has 0 unspecified atom stereocenters. The van der Waals surface area contributed by atoms with Gasteiger partial charge in [0.2, 0.25) is 0 Å². The Balaban J connectivity index is 1.74. The number of aromatic hydroxyl groups is 1. The first-order chi connectivity index (χ1) is 10.3. The summed E-state index contributed by atoms with van der Waals surface area (Å²) >= 11 is 0. The van der Waals surface area contributed by atoms with Crippen LogP contribution in [0.15, 0.2) is 66.7 Å². The van der Waals surface area contributed by atoms with Crippen molar-refractivity contribution in [2.24, 2.45) is 0 Å². The Kier molecular flexibility index (Phi) is 2.78.